The first-order valence-corrected chi connectivity index (χ1v) is 10.7. The number of hydrogen-bond donors (Lipinski definition) is 1. The number of ether oxygens (including phenoxy) is 1. The van der Waals surface area contributed by atoms with Gasteiger partial charge in [-0.1, -0.05) is 27.2 Å². The Morgan fingerprint density at radius 2 is 2.15 bits per heavy atom. The predicted octanol–water partition coefficient (Wildman–Crippen LogP) is 5.68. The first kappa shape index (κ1) is 20.1. The van der Waals surface area contributed by atoms with E-state index in [1.165, 1.54) is 23.3 Å². The molecule has 0 fully saturated rings. The summed E-state index contributed by atoms with van der Waals surface area (Å²) >= 11 is 4.67. The van der Waals surface area contributed by atoms with Crippen molar-refractivity contribution in [1.29, 1.82) is 0 Å². The number of carbonyl (C=O) groups is 2. The monoisotopic (exact) mass is 453 g/mol. The van der Waals surface area contributed by atoms with Crippen LogP contribution in [-0.2, 0) is 17.6 Å². The summed E-state index contributed by atoms with van der Waals surface area (Å²) in [6.07, 6.45) is 3.89. The number of carbonyl (C=O) groups excluding carboxylic acids is 2. The molecule has 2 heterocycles. The predicted molar refractivity (Wildman–Crippen MR) is 110 cm³/mol. The van der Waals surface area contributed by atoms with E-state index >= 15 is 0 Å². The Morgan fingerprint density at radius 1 is 1.41 bits per heavy atom. The van der Waals surface area contributed by atoms with Crippen molar-refractivity contribution < 1.29 is 18.7 Å². The molecule has 27 heavy (non-hydrogen) atoms. The fraction of sp³-hybridized carbons (Fsp3) is 0.500. The molecule has 3 rings (SSSR count). The molecule has 1 amide bonds. The van der Waals surface area contributed by atoms with E-state index in [1.807, 2.05) is 0 Å². The van der Waals surface area contributed by atoms with Crippen LogP contribution in [0.5, 0.6) is 0 Å². The van der Waals surface area contributed by atoms with Crippen LogP contribution in [0.4, 0.5) is 5.00 Å². The fourth-order valence-corrected chi connectivity index (χ4v) is 5.17. The molecular formula is C20H24BrNO4S. The summed E-state index contributed by atoms with van der Waals surface area (Å²) in [5.74, 6) is -0.0377. The maximum atomic E-state index is 12.5. The van der Waals surface area contributed by atoms with Crippen molar-refractivity contribution in [3.8, 4) is 0 Å². The molecule has 0 aromatic carbocycles. The van der Waals surface area contributed by atoms with Gasteiger partial charge in [0.25, 0.3) is 5.91 Å². The fourth-order valence-electron chi connectivity index (χ4n) is 3.55. The van der Waals surface area contributed by atoms with E-state index in [9.17, 15) is 9.59 Å². The van der Waals surface area contributed by atoms with E-state index in [2.05, 4.69) is 42.0 Å². The third kappa shape index (κ3) is 3.99. The van der Waals surface area contributed by atoms with Gasteiger partial charge in [-0.25, -0.2) is 4.79 Å². The maximum Gasteiger partial charge on any atom is 0.341 e. The number of furan rings is 1. The van der Waals surface area contributed by atoms with Gasteiger partial charge in [0.15, 0.2) is 10.4 Å². The summed E-state index contributed by atoms with van der Waals surface area (Å²) in [6, 6.07) is 3.25. The van der Waals surface area contributed by atoms with Crippen LogP contribution in [0.3, 0.4) is 0 Å². The van der Waals surface area contributed by atoms with Crippen LogP contribution in [0, 0.1) is 11.3 Å². The Balaban J connectivity index is 1.93. The number of esters is 1. The molecule has 1 N–H and O–H groups in total. The number of thiophene rings is 1. The quantitative estimate of drug-likeness (QED) is 0.590. The lowest BCUT2D eigenvalue weighted by Gasteiger charge is -2.36. The zero-order chi connectivity index (χ0) is 19.8. The number of methoxy groups -OCH3 is 1. The van der Waals surface area contributed by atoms with Gasteiger partial charge in [-0.3, -0.25) is 4.79 Å². The summed E-state index contributed by atoms with van der Waals surface area (Å²) in [7, 11) is 1.37. The molecule has 0 saturated heterocycles. The van der Waals surface area contributed by atoms with Gasteiger partial charge in [-0.15, -0.1) is 11.3 Å². The van der Waals surface area contributed by atoms with E-state index in [4.69, 9.17) is 9.15 Å². The van der Waals surface area contributed by atoms with Gasteiger partial charge in [0.05, 0.1) is 12.7 Å². The van der Waals surface area contributed by atoms with Crippen LogP contribution < -0.4 is 5.32 Å². The average molecular weight is 454 g/mol. The van der Waals surface area contributed by atoms with E-state index in [0.717, 1.165) is 31.2 Å². The van der Waals surface area contributed by atoms with Gasteiger partial charge in [-0.05, 0) is 64.2 Å². The van der Waals surface area contributed by atoms with Crippen molar-refractivity contribution in [2.45, 2.75) is 46.5 Å². The number of fused-ring (bicyclic) bond motifs is 1. The standard InChI is InChI=1S/C20H24BrNO4S/c1-5-20(2,3)11-6-7-12-14(10-11)27-18(16(12)19(24)25-4)22-17(23)13-8-9-15(21)26-13/h8-9,11H,5-7,10H2,1-4H3,(H,22,23). The van der Waals surface area contributed by atoms with Gasteiger partial charge < -0.3 is 14.5 Å². The summed E-state index contributed by atoms with van der Waals surface area (Å²) in [5, 5.41) is 3.39. The highest BCUT2D eigenvalue weighted by Crippen LogP contribution is 2.45. The lowest BCUT2D eigenvalue weighted by atomic mass is 9.69. The number of hydrogen-bond acceptors (Lipinski definition) is 5. The van der Waals surface area contributed by atoms with E-state index in [1.54, 1.807) is 12.1 Å². The summed E-state index contributed by atoms with van der Waals surface area (Å²) in [6.45, 7) is 6.82. The second-order valence-corrected chi connectivity index (χ2v) is 9.43. The van der Waals surface area contributed by atoms with Gasteiger partial charge in [0.2, 0.25) is 0 Å². The SMILES string of the molecule is CCC(C)(C)C1CCc2c(sc(NC(=O)c3ccc(Br)o3)c2C(=O)OC)C1. The van der Waals surface area contributed by atoms with E-state index in [-0.39, 0.29) is 17.1 Å². The normalized spacial score (nSPS) is 16.7. The minimum atomic E-state index is -0.406. The second kappa shape index (κ2) is 7.80. The first-order valence-electron chi connectivity index (χ1n) is 9.06. The van der Waals surface area contributed by atoms with Crippen molar-refractivity contribution in [2.75, 3.05) is 12.4 Å². The van der Waals surface area contributed by atoms with Crippen molar-refractivity contribution >= 4 is 44.1 Å². The number of amides is 1. The topological polar surface area (TPSA) is 68.5 Å². The van der Waals surface area contributed by atoms with Crippen LogP contribution in [0.2, 0.25) is 0 Å². The van der Waals surface area contributed by atoms with Crippen LogP contribution >= 0.6 is 27.3 Å². The highest BCUT2D eigenvalue weighted by atomic mass is 79.9. The van der Waals surface area contributed by atoms with E-state index < -0.39 is 5.97 Å². The lowest BCUT2D eigenvalue weighted by Crippen LogP contribution is -2.28. The van der Waals surface area contributed by atoms with Crippen molar-refractivity contribution in [2.24, 2.45) is 11.3 Å². The molecule has 1 aliphatic carbocycles. The highest BCUT2D eigenvalue weighted by molar-refractivity contribution is 9.10. The average Bonchev–Trinajstić information content (AvgIpc) is 3.23. The molecule has 1 unspecified atom stereocenters. The number of rotatable bonds is 5. The Morgan fingerprint density at radius 3 is 2.74 bits per heavy atom. The zero-order valence-corrected chi connectivity index (χ0v) is 18.4. The number of anilines is 1. The summed E-state index contributed by atoms with van der Waals surface area (Å²) in [4.78, 5) is 26.1. The Bertz CT molecular complexity index is 867. The second-order valence-electron chi connectivity index (χ2n) is 7.54. The molecule has 2 aromatic rings. The first-order chi connectivity index (χ1) is 12.8. The van der Waals surface area contributed by atoms with Crippen molar-refractivity contribution in [1.82, 2.24) is 0 Å². The van der Waals surface area contributed by atoms with Crippen LogP contribution in [0.25, 0.3) is 0 Å². The van der Waals surface area contributed by atoms with Crippen molar-refractivity contribution in [3.05, 3.63) is 38.6 Å². The largest absolute Gasteiger partial charge is 0.465 e. The van der Waals surface area contributed by atoms with Crippen molar-refractivity contribution in [3.63, 3.8) is 0 Å². The van der Waals surface area contributed by atoms with Crippen LogP contribution in [0.1, 0.15) is 65.0 Å². The van der Waals surface area contributed by atoms with Crippen LogP contribution in [0.15, 0.2) is 21.2 Å². The highest BCUT2D eigenvalue weighted by Gasteiger charge is 2.35. The molecule has 0 radical (unpaired) electrons. The van der Waals surface area contributed by atoms with Gasteiger partial charge >= 0.3 is 5.97 Å². The molecule has 0 saturated carbocycles. The molecule has 0 bridgehead atoms. The van der Waals surface area contributed by atoms with Gasteiger partial charge in [-0.2, -0.15) is 0 Å². The molecule has 0 aliphatic heterocycles. The molecule has 1 atom stereocenters. The van der Waals surface area contributed by atoms with E-state index in [0.29, 0.717) is 21.2 Å². The Hall–Kier alpha value is -1.60. The Labute approximate surface area is 171 Å². The summed E-state index contributed by atoms with van der Waals surface area (Å²) < 4.78 is 10.8. The minimum Gasteiger partial charge on any atom is -0.465 e. The van der Waals surface area contributed by atoms with Crippen LogP contribution in [-0.4, -0.2) is 19.0 Å². The molecule has 2 aromatic heterocycles. The minimum absolute atomic E-state index is 0.189. The molecule has 1 aliphatic rings. The molecule has 5 nitrogen and oxygen atoms in total. The zero-order valence-electron chi connectivity index (χ0n) is 16.0. The molecule has 7 heteroatoms. The summed E-state index contributed by atoms with van der Waals surface area (Å²) in [5.41, 5.74) is 1.76. The van der Waals surface area contributed by atoms with Gasteiger partial charge in [0, 0.05) is 4.88 Å². The lowest BCUT2D eigenvalue weighted by molar-refractivity contribution is 0.0600. The Kier molecular flexibility index (Phi) is 5.82. The third-order valence-electron chi connectivity index (χ3n) is 5.70. The third-order valence-corrected chi connectivity index (χ3v) is 7.29. The molecular weight excluding hydrogens is 430 g/mol. The number of nitrogens with one attached hydrogen (secondary N) is 1. The maximum absolute atomic E-state index is 12.5. The number of halogens is 1. The smallest absolute Gasteiger partial charge is 0.341 e. The van der Waals surface area contributed by atoms with Gasteiger partial charge in [0.1, 0.15) is 5.00 Å². The molecule has 0 spiro atoms. The molecule has 146 valence electrons.